The lowest BCUT2D eigenvalue weighted by atomic mass is 9.87. The van der Waals surface area contributed by atoms with Crippen molar-refractivity contribution in [2.75, 3.05) is 0 Å². The number of carbonyl (C=O) groups is 1. The number of aryl methyl sites for hydroxylation is 3. The summed E-state index contributed by atoms with van der Waals surface area (Å²) in [6, 6.07) is 5.78. The number of pyridine rings is 1. The third kappa shape index (κ3) is 6.01. The summed E-state index contributed by atoms with van der Waals surface area (Å²) in [6.45, 7) is 6.17. The van der Waals surface area contributed by atoms with E-state index < -0.39 is 5.97 Å². The van der Waals surface area contributed by atoms with Crippen LogP contribution >= 0.6 is 0 Å². The van der Waals surface area contributed by atoms with Crippen LogP contribution in [0.2, 0.25) is 0 Å². The van der Waals surface area contributed by atoms with Crippen LogP contribution in [-0.4, -0.2) is 47.1 Å². The molecule has 1 N–H and O–H groups in total. The zero-order chi connectivity index (χ0) is 24.9. The zero-order valence-corrected chi connectivity index (χ0v) is 20.9. The van der Waals surface area contributed by atoms with Gasteiger partial charge in [0.2, 0.25) is 0 Å². The Balaban J connectivity index is 1.43. The Bertz CT molecular complexity index is 1180. The van der Waals surface area contributed by atoms with E-state index in [1.807, 2.05) is 38.4 Å². The maximum Gasteiger partial charge on any atom is 0.306 e. The van der Waals surface area contributed by atoms with Crippen LogP contribution in [0.4, 0.5) is 0 Å². The van der Waals surface area contributed by atoms with Gasteiger partial charge in [-0.05, 0) is 69.6 Å². The van der Waals surface area contributed by atoms with Gasteiger partial charge < -0.3 is 9.84 Å². The second-order valence-corrected chi connectivity index (χ2v) is 9.64. The molecule has 1 aliphatic rings. The molecule has 9 heteroatoms. The van der Waals surface area contributed by atoms with Crippen LogP contribution in [0.3, 0.4) is 0 Å². The van der Waals surface area contributed by atoms with Gasteiger partial charge in [0.1, 0.15) is 17.3 Å². The monoisotopic (exact) mass is 478 g/mol. The van der Waals surface area contributed by atoms with Crippen molar-refractivity contribution in [1.29, 1.82) is 0 Å². The summed E-state index contributed by atoms with van der Waals surface area (Å²) in [6.07, 6.45) is 7.16. The molecular formula is C26H34N6O3. The second kappa shape index (κ2) is 10.9. The topological polar surface area (TPSA) is 116 Å². The van der Waals surface area contributed by atoms with E-state index in [-0.39, 0.29) is 12.0 Å². The van der Waals surface area contributed by atoms with E-state index in [1.165, 1.54) is 0 Å². The van der Waals surface area contributed by atoms with Crippen molar-refractivity contribution in [3.05, 3.63) is 47.3 Å². The molecule has 0 spiro atoms. The van der Waals surface area contributed by atoms with Crippen molar-refractivity contribution < 1.29 is 14.6 Å². The number of hydrogen-bond donors (Lipinski definition) is 1. The molecule has 0 bridgehead atoms. The first kappa shape index (κ1) is 24.8. The summed E-state index contributed by atoms with van der Waals surface area (Å²) in [7, 11) is 1.90. The van der Waals surface area contributed by atoms with Gasteiger partial charge in [0.15, 0.2) is 0 Å². The SMILES string of the molecule is Cc1nc(-c2nnn(C)c2CCCc2nccc(C(C)C)n2)ccc1O[C@H]1CCC[C@H](C(=O)O)C1. The lowest BCUT2D eigenvalue weighted by Crippen LogP contribution is -2.29. The predicted molar refractivity (Wildman–Crippen MR) is 131 cm³/mol. The van der Waals surface area contributed by atoms with Gasteiger partial charge in [0.25, 0.3) is 0 Å². The highest BCUT2D eigenvalue weighted by Gasteiger charge is 2.28. The minimum Gasteiger partial charge on any atom is -0.489 e. The highest BCUT2D eigenvalue weighted by Crippen LogP contribution is 2.30. The molecule has 0 aliphatic heterocycles. The largest absolute Gasteiger partial charge is 0.489 e. The Labute approximate surface area is 206 Å². The van der Waals surface area contributed by atoms with E-state index in [4.69, 9.17) is 9.72 Å². The summed E-state index contributed by atoms with van der Waals surface area (Å²) >= 11 is 0. The van der Waals surface area contributed by atoms with Crippen LogP contribution in [0.25, 0.3) is 11.4 Å². The van der Waals surface area contributed by atoms with Crippen molar-refractivity contribution in [3.8, 4) is 17.1 Å². The van der Waals surface area contributed by atoms with Crippen molar-refractivity contribution in [1.82, 2.24) is 29.9 Å². The molecule has 4 rings (SSSR count). The Morgan fingerprint density at radius 1 is 1.20 bits per heavy atom. The quantitative estimate of drug-likeness (QED) is 0.484. The Hall–Kier alpha value is -3.36. The summed E-state index contributed by atoms with van der Waals surface area (Å²) in [5.41, 5.74) is 4.36. The van der Waals surface area contributed by atoms with Gasteiger partial charge in [-0.25, -0.2) is 15.0 Å². The van der Waals surface area contributed by atoms with Crippen LogP contribution < -0.4 is 4.74 Å². The molecule has 2 atom stereocenters. The number of aliphatic carboxylic acids is 1. The molecular weight excluding hydrogens is 444 g/mol. The normalized spacial score (nSPS) is 18.1. The molecule has 0 radical (unpaired) electrons. The second-order valence-electron chi connectivity index (χ2n) is 9.64. The molecule has 186 valence electrons. The van der Waals surface area contributed by atoms with E-state index >= 15 is 0 Å². The van der Waals surface area contributed by atoms with Crippen LogP contribution in [0.15, 0.2) is 24.4 Å². The van der Waals surface area contributed by atoms with E-state index in [0.29, 0.717) is 18.1 Å². The van der Waals surface area contributed by atoms with Gasteiger partial charge in [-0.3, -0.25) is 9.48 Å². The van der Waals surface area contributed by atoms with Crippen LogP contribution in [0.5, 0.6) is 5.75 Å². The fourth-order valence-electron chi connectivity index (χ4n) is 4.59. The molecule has 1 saturated carbocycles. The first-order valence-corrected chi connectivity index (χ1v) is 12.4. The molecule has 0 amide bonds. The highest BCUT2D eigenvalue weighted by atomic mass is 16.5. The average Bonchev–Trinajstić information content (AvgIpc) is 3.21. The average molecular weight is 479 g/mol. The van der Waals surface area contributed by atoms with Gasteiger partial charge in [-0.15, -0.1) is 5.10 Å². The summed E-state index contributed by atoms with van der Waals surface area (Å²) < 4.78 is 7.95. The molecule has 0 unspecified atom stereocenters. The van der Waals surface area contributed by atoms with Gasteiger partial charge >= 0.3 is 5.97 Å². The lowest BCUT2D eigenvalue weighted by molar-refractivity contribution is -0.143. The predicted octanol–water partition coefficient (Wildman–Crippen LogP) is 4.30. The lowest BCUT2D eigenvalue weighted by Gasteiger charge is -2.27. The maximum absolute atomic E-state index is 11.4. The molecule has 1 aliphatic carbocycles. The molecule has 35 heavy (non-hydrogen) atoms. The molecule has 0 aromatic carbocycles. The first-order chi connectivity index (χ1) is 16.8. The molecule has 9 nitrogen and oxygen atoms in total. The van der Waals surface area contributed by atoms with Crippen molar-refractivity contribution in [2.24, 2.45) is 13.0 Å². The smallest absolute Gasteiger partial charge is 0.306 e. The summed E-state index contributed by atoms with van der Waals surface area (Å²) in [5.74, 6) is 0.857. The van der Waals surface area contributed by atoms with Crippen molar-refractivity contribution >= 4 is 5.97 Å². The third-order valence-corrected chi connectivity index (χ3v) is 6.62. The van der Waals surface area contributed by atoms with Crippen molar-refractivity contribution in [2.45, 2.75) is 77.7 Å². The van der Waals surface area contributed by atoms with E-state index in [2.05, 4.69) is 34.1 Å². The fourth-order valence-corrected chi connectivity index (χ4v) is 4.59. The number of rotatable bonds is 9. The van der Waals surface area contributed by atoms with Gasteiger partial charge in [-0.2, -0.15) is 0 Å². The van der Waals surface area contributed by atoms with Crippen molar-refractivity contribution in [3.63, 3.8) is 0 Å². The summed E-state index contributed by atoms with van der Waals surface area (Å²) in [4.78, 5) is 25.2. The maximum atomic E-state index is 11.4. The Kier molecular flexibility index (Phi) is 7.73. The number of carboxylic acid groups (broad SMARTS) is 1. The first-order valence-electron chi connectivity index (χ1n) is 12.4. The summed E-state index contributed by atoms with van der Waals surface area (Å²) in [5, 5.41) is 18.0. The Morgan fingerprint density at radius 2 is 2.03 bits per heavy atom. The molecule has 3 aromatic heterocycles. The molecule has 3 aromatic rings. The number of aromatic nitrogens is 6. The number of hydrogen-bond acceptors (Lipinski definition) is 7. The number of carboxylic acids is 1. The fraction of sp³-hybridized carbons (Fsp3) is 0.538. The third-order valence-electron chi connectivity index (χ3n) is 6.62. The van der Waals surface area contributed by atoms with Crippen LogP contribution in [0.1, 0.15) is 74.8 Å². The van der Waals surface area contributed by atoms with Crippen LogP contribution in [0, 0.1) is 12.8 Å². The molecule has 1 fully saturated rings. The van der Waals surface area contributed by atoms with E-state index in [9.17, 15) is 9.90 Å². The Morgan fingerprint density at radius 3 is 2.77 bits per heavy atom. The number of nitrogens with zero attached hydrogens (tertiary/aromatic N) is 6. The highest BCUT2D eigenvalue weighted by molar-refractivity contribution is 5.70. The van der Waals surface area contributed by atoms with Gasteiger partial charge in [0, 0.05) is 25.4 Å². The zero-order valence-electron chi connectivity index (χ0n) is 20.9. The van der Waals surface area contributed by atoms with E-state index in [0.717, 1.165) is 72.8 Å². The van der Waals surface area contributed by atoms with Gasteiger partial charge in [-0.1, -0.05) is 19.1 Å². The molecule has 0 saturated heterocycles. The number of ether oxygens (including phenoxy) is 1. The van der Waals surface area contributed by atoms with Crippen LogP contribution in [-0.2, 0) is 24.7 Å². The molecule has 3 heterocycles. The van der Waals surface area contributed by atoms with Gasteiger partial charge in [0.05, 0.1) is 29.1 Å². The van der Waals surface area contributed by atoms with E-state index in [1.54, 1.807) is 4.68 Å². The minimum absolute atomic E-state index is 0.0975. The standard InChI is InChI=1S/C26H34N6O3/c1-16(2)20-13-14-27-24(29-20)10-6-9-22-25(30-31-32(22)4)21-11-12-23(17(3)28-21)35-19-8-5-7-18(15-19)26(33)34/h11-14,16,18-19H,5-10,15H2,1-4H3,(H,33,34)/t18-,19-/m0/s1. The minimum atomic E-state index is -0.738.